The number of para-hydroxylation sites is 1. The van der Waals surface area contributed by atoms with Crippen molar-refractivity contribution < 1.29 is 14.3 Å². The Morgan fingerprint density at radius 3 is 2.52 bits per heavy atom. The van der Waals surface area contributed by atoms with Gasteiger partial charge in [-0.2, -0.15) is 0 Å². The van der Waals surface area contributed by atoms with Gasteiger partial charge in [-0.3, -0.25) is 4.79 Å². The molecule has 0 fully saturated rings. The minimum absolute atomic E-state index is 0. The third kappa shape index (κ3) is 4.56. The second-order valence-corrected chi connectivity index (χ2v) is 9.87. The minimum atomic E-state index is -0.198. The summed E-state index contributed by atoms with van der Waals surface area (Å²) in [6.45, 7) is 1.86. The van der Waals surface area contributed by atoms with Crippen molar-refractivity contribution in [2.24, 2.45) is 0 Å². The van der Waals surface area contributed by atoms with Crippen LogP contribution >= 0.6 is 35.1 Å². The van der Waals surface area contributed by atoms with E-state index in [4.69, 9.17) is 14.5 Å². The number of rotatable bonds is 5. The van der Waals surface area contributed by atoms with Crippen LogP contribution in [0.15, 0.2) is 42.5 Å². The summed E-state index contributed by atoms with van der Waals surface area (Å²) in [5, 5.41) is 4.96. The average molecular weight is 502 g/mol. The molecule has 0 spiro atoms. The molecule has 0 radical (unpaired) electrons. The largest absolute Gasteiger partial charge is 0.497 e. The van der Waals surface area contributed by atoms with Gasteiger partial charge in [0.25, 0.3) is 5.91 Å². The summed E-state index contributed by atoms with van der Waals surface area (Å²) in [5.74, 6) is 0.956. The Morgan fingerprint density at radius 2 is 1.82 bits per heavy atom. The van der Waals surface area contributed by atoms with Gasteiger partial charge < -0.3 is 19.7 Å². The molecule has 172 valence electrons. The molecule has 1 N–H and O–H groups in total. The topological polar surface area (TPSA) is 63.7 Å². The molecule has 33 heavy (non-hydrogen) atoms. The van der Waals surface area contributed by atoms with E-state index in [2.05, 4.69) is 23.3 Å². The molecule has 5 rings (SSSR count). The first-order valence-electron chi connectivity index (χ1n) is 10.3. The Hall–Kier alpha value is -2.65. The van der Waals surface area contributed by atoms with Crippen molar-refractivity contribution in [3.8, 4) is 22.1 Å². The van der Waals surface area contributed by atoms with E-state index in [1.165, 1.54) is 10.4 Å². The van der Waals surface area contributed by atoms with Crippen LogP contribution in [0.5, 0.6) is 11.5 Å². The van der Waals surface area contributed by atoms with Crippen LogP contribution in [0, 0.1) is 0 Å². The van der Waals surface area contributed by atoms with Gasteiger partial charge >= 0.3 is 0 Å². The number of ether oxygens (including phenoxy) is 2. The van der Waals surface area contributed by atoms with E-state index in [1.807, 2.05) is 18.2 Å². The number of fused-ring (bicyclic) bond motifs is 2. The number of halogens is 1. The molecule has 2 aromatic carbocycles. The number of nitrogens with zero attached hydrogens (tertiary/aromatic N) is 2. The number of hydrogen-bond acceptors (Lipinski definition) is 7. The first kappa shape index (κ1) is 23.5. The summed E-state index contributed by atoms with van der Waals surface area (Å²) in [6, 6.07) is 13.3. The zero-order valence-corrected chi connectivity index (χ0v) is 21.0. The number of carbonyl (C=O) groups excluding carboxylic acids is 1. The van der Waals surface area contributed by atoms with E-state index in [1.54, 1.807) is 55.1 Å². The number of methoxy groups -OCH3 is 2. The maximum absolute atomic E-state index is 13.2. The van der Waals surface area contributed by atoms with E-state index in [0.29, 0.717) is 17.1 Å². The number of aromatic nitrogens is 1. The number of carbonyl (C=O) groups is 1. The quantitative estimate of drug-likeness (QED) is 0.380. The van der Waals surface area contributed by atoms with Gasteiger partial charge in [0.1, 0.15) is 21.5 Å². The number of hydrogen-bond donors (Lipinski definition) is 1. The number of thiazole rings is 1. The molecule has 6 nitrogen and oxygen atoms in total. The summed E-state index contributed by atoms with van der Waals surface area (Å²) in [4.78, 5) is 21.7. The first-order chi connectivity index (χ1) is 15.6. The van der Waals surface area contributed by atoms with Gasteiger partial charge in [-0.25, -0.2) is 4.98 Å². The monoisotopic (exact) mass is 501 g/mol. The molecule has 0 atom stereocenters. The highest BCUT2D eigenvalue weighted by Gasteiger charge is 2.27. The summed E-state index contributed by atoms with van der Waals surface area (Å²) in [5.41, 5.74) is 3.82. The van der Waals surface area contributed by atoms with Crippen LogP contribution in [0.2, 0.25) is 0 Å². The summed E-state index contributed by atoms with van der Waals surface area (Å²) in [6.07, 6.45) is 0.941. The van der Waals surface area contributed by atoms with Gasteiger partial charge in [-0.15, -0.1) is 35.1 Å². The SMILES string of the molecule is COc1cc(OC)cc(C(=O)Nc2sc3c(c2-c2nc4ccccc4s2)CCN(C)C3)c1.Cl. The predicted octanol–water partition coefficient (Wildman–Crippen LogP) is 5.70. The van der Waals surface area contributed by atoms with Crippen molar-refractivity contribution in [1.29, 1.82) is 0 Å². The van der Waals surface area contributed by atoms with Crippen molar-refractivity contribution in [2.45, 2.75) is 13.0 Å². The number of thiophene rings is 1. The number of anilines is 1. The fourth-order valence-electron chi connectivity index (χ4n) is 3.94. The Bertz CT molecular complexity index is 1260. The van der Waals surface area contributed by atoms with E-state index >= 15 is 0 Å². The van der Waals surface area contributed by atoms with Crippen molar-refractivity contribution in [2.75, 3.05) is 33.1 Å². The van der Waals surface area contributed by atoms with E-state index in [9.17, 15) is 4.79 Å². The lowest BCUT2D eigenvalue weighted by Crippen LogP contribution is -2.25. The van der Waals surface area contributed by atoms with Gasteiger partial charge in [0.05, 0.1) is 24.4 Å². The van der Waals surface area contributed by atoms with E-state index < -0.39 is 0 Å². The van der Waals surface area contributed by atoms with Gasteiger partial charge in [0.15, 0.2) is 0 Å². The lowest BCUT2D eigenvalue weighted by Gasteiger charge is -2.22. The van der Waals surface area contributed by atoms with Crippen molar-refractivity contribution in [3.63, 3.8) is 0 Å². The van der Waals surface area contributed by atoms with Crippen molar-refractivity contribution in [1.82, 2.24) is 9.88 Å². The zero-order valence-electron chi connectivity index (χ0n) is 18.5. The van der Waals surface area contributed by atoms with Crippen LogP contribution in [0.4, 0.5) is 5.00 Å². The molecule has 1 amide bonds. The molecular formula is C24H24ClN3O3S2. The maximum atomic E-state index is 13.2. The van der Waals surface area contributed by atoms with E-state index in [0.717, 1.165) is 45.3 Å². The Morgan fingerprint density at radius 1 is 1.09 bits per heavy atom. The number of likely N-dealkylation sites (N-methyl/N-ethyl adjacent to an activating group) is 1. The van der Waals surface area contributed by atoms with Gasteiger partial charge in [-0.1, -0.05) is 12.1 Å². The number of benzene rings is 2. The molecule has 0 saturated heterocycles. The molecular weight excluding hydrogens is 478 g/mol. The summed E-state index contributed by atoms with van der Waals surface area (Å²) >= 11 is 3.31. The van der Waals surface area contributed by atoms with E-state index in [-0.39, 0.29) is 18.3 Å². The normalized spacial score (nSPS) is 13.3. The van der Waals surface area contributed by atoms with Crippen LogP contribution in [0.3, 0.4) is 0 Å². The second-order valence-electron chi connectivity index (χ2n) is 7.74. The van der Waals surface area contributed by atoms with Crippen LogP contribution in [0.25, 0.3) is 20.8 Å². The lowest BCUT2D eigenvalue weighted by molar-refractivity contribution is 0.102. The fraction of sp³-hybridized carbons (Fsp3) is 0.250. The molecule has 0 saturated carbocycles. The highest BCUT2D eigenvalue weighted by Crippen LogP contribution is 2.45. The zero-order chi connectivity index (χ0) is 22.2. The fourth-order valence-corrected chi connectivity index (χ4v) is 6.37. The molecule has 0 bridgehead atoms. The van der Waals surface area contributed by atoms with Gasteiger partial charge in [-0.05, 0) is 43.3 Å². The third-order valence-electron chi connectivity index (χ3n) is 5.60. The van der Waals surface area contributed by atoms with Crippen LogP contribution in [-0.4, -0.2) is 43.6 Å². The number of amides is 1. The Labute approximate surface area is 206 Å². The predicted molar refractivity (Wildman–Crippen MR) is 138 cm³/mol. The smallest absolute Gasteiger partial charge is 0.256 e. The Balaban J connectivity index is 0.00000259. The molecule has 1 aliphatic heterocycles. The average Bonchev–Trinajstić information content (AvgIpc) is 3.38. The minimum Gasteiger partial charge on any atom is -0.497 e. The van der Waals surface area contributed by atoms with Crippen molar-refractivity contribution in [3.05, 3.63) is 58.5 Å². The summed E-state index contributed by atoms with van der Waals surface area (Å²) < 4.78 is 11.8. The highest BCUT2D eigenvalue weighted by molar-refractivity contribution is 7.23. The molecule has 4 aromatic rings. The molecule has 9 heteroatoms. The first-order valence-corrected chi connectivity index (χ1v) is 11.9. The number of nitrogens with one attached hydrogen (secondary N) is 1. The van der Waals surface area contributed by atoms with Crippen LogP contribution in [0.1, 0.15) is 20.8 Å². The Kier molecular flexibility index (Phi) is 6.90. The lowest BCUT2D eigenvalue weighted by atomic mass is 10.0. The molecule has 0 unspecified atom stereocenters. The van der Waals surface area contributed by atoms with Gasteiger partial charge in [0, 0.05) is 35.2 Å². The molecule has 2 aromatic heterocycles. The molecule has 1 aliphatic rings. The third-order valence-corrected chi connectivity index (χ3v) is 7.78. The highest BCUT2D eigenvalue weighted by atomic mass is 35.5. The van der Waals surface area contributed by atoms with Crippen LogP contribution < -0.4 is 14.8 Å². The molecule has 0 aliphatic carbocycles. The molecule has 3 heterocycles. The standard InChI is InChI=1S/C24H23N3O3S2.ClH/c1-27-9-8-17-20(13-27)32-24(21(17)23-25-18-6-4-5-7-19(18)31-23)26-22(28)14-10-15(29-2)12-16(11-14)30-3;/h4-7,10-12H,8-9,13H2,1-3H3,(H,26,28);1H. The summed E-state index contributed by atoms with van der Waals surface area (Å²) in [7, 11) is 5.28. The second kappa shape index (κ2) is 9.69. The van der Waals surface area contributed by atoms with Crippen molar-refractivity contribution >= 4 is 56.2 Å². The van der Waals surface area contributed by atoms with Crippen LogP contribution in [-0.2, 0) is 13.0 Å². The van der Waals surface area contributed by atoms with Gasteiger partial charge in [0.2, 0.25) is 0 Å². The maximum Gasteiger partial charge on any atom is 0.256 e.